The molecule has 1 aromatic heterocycles. The highest BCUT2D eigenvalue weighted by Crippen LogP contribution is 2.28. The number of benzene rings is 4. The fourth-order valence-corrected chi connectivity index (χ4v) is 4.19. The lowest BCUT2D eigenvalue weighted by atomic mass is 10.0. The lowest BCUT2D eigenvalue weighted by Crippen LogP contribution is -2.01. The molecule has 0 aliphatic carbocycles. The smallest absolute Gasteiger partial charge is 0.204 e. The number of anilines is 1. The second kappa shape index (κ2) is 8.53. The van der Waals surface area contributed by atoms with Gasteiger partial charge in [0.1, 0.15) is 18.2 Å². The molecule has 0 spiro atoms. The van der Waals surface area contributed by atoms with Gasteiger partial charge in [0.15, 0.2) is 0 Å². The molecule has 0 bridgehead atoms. The fourth-order valence-electron chi connectivity index (χ4n) is 3.38. The summed E-state index contributed by atoms with van der Waals surface area (Å²) in [5.74, 6) is 0.354. The molecule has 4 nitrogen and oxygen atoms in total. The molecule has 1 N–H and O–H groups in total. The molecule has 0 amide bonds. The van der Waals surface area contributed by atoms with E-state index in [4.69, 9.17) is 4.74 Å². The van der Waals surface area contributed by atoms with E-state index in [1.54, 1.807) is 35.8 Å². The number of fused-ring (bicyclic) bond motifs is 2. The number of hydrogen-bond acceptors (Lipinski definition) is 5. The van der Waals surface area contributed by atoms with E-state index in [1.807, 2.05) is 60.7 Å². The molecule has 5 aromatic rings. The average molecular weight is 428 g/mol. The van der Waals surface area contributed by atoms with E-state index < -0.39 is 0 Å². The highest BCUT2D eigenvalue weighted by atomic mass is 32.1. The largest absolute Gasteiger partial charge is 0.488 e. The van der Waals surface area contributed by atoms with Crippen molar-refractivity contribution in [3.8, 4) is 5.75 Å². The number of thiazole rings is 1. The Morgan fingerprint density at radius 1 is 0.935 bits per heavy atom. The number of nitrogens with one attached hydrogen (secondary N) is 1. The van der Waals surface area contributed by atoms with E-state index in [-0.39, 0.29) is 12.4 Å². The van der Waals surface area contributed by atoms with Crippen molar-refractivity contribution in [1.82, 2.24) is 4.98 Å². The quantitative estimate of drug-likeness (QED) is 0.245. The van der Waals surface area contributed by atoms with Crippen molar-refractivity contribution in [2.75, 3.05) is 5.43 Å². The van der Waals surface area contributed by atoms with Crippen LogP contribution in [0.25, 0.3) is 21.0 Å². The van der Waals surface area contributed by atoms with Crippen molar-refractivity contribution < 1.29 is 9.13 Å². The topological polar surface area (TPSA) is 46.5 Å². The van der Waals surface area contributed by atoms with Crippen LogP contribution in [0.2, 0.25) is 0 Å². The van der Waals surface area contributed by atoms with Gasteiger partial charge in [0.2, 0.25) is 5.13 Å². The molecule has 0 saturated carbocycles. The highest BCUT2D eigenvalue weighted by molar-refractivity contribution is 7.22. The van der Waals surface area contributed by atoms with Gasteiger partial charge in [-0.05, 0) is 35.0 Å². The zero-order valence-electron chi connectivity index (χ0n) is 16.5. The lowest BCUT2D eigenvalue weighted by Gasteiger charge is -2.12. The van der Waals surface area contributed by atoms with Crippen molar-refractivity contribution >= 4 is 43.7 Å². The number of para-hydroxylation sites is 1. The van der Waals surface area contributed by atoms with Crippen LogP contribution >= 0.6 is 11.3 Å². The summed E-state index contributed by atoms with van der Waals surface area (Å²) in [6, 6.07) is 26.5. The zero-order chi connectivity index (χ0) is 21.0. The summed E-state index contributed by atoms with van der Waals surface area (Å²) < 4.78 is 21.1. The lowest BCUT2D eigenvalue weighted by molar-refractivity contribution is 0.300. The van der Waals surface area contributed by atoms with Crippen LogP contribution < -0.4 is 10.2 Å². The van der Waals surface area contributed by atoms with Crippen molar-refractivity contribution in [2.24, 2.45) is 5.10 Å². The molecule has 6 heteroatoms. The second-order valence-electron chi connectivity index (χ2n) is 6.94. The zero-order valence-corrected chi connectivity index (χ0v) is 17.3. The Kier molecular flexibility index (Phi) is 5.29. The molecule has 0 aliphatic heterocycles. The first-order chi connectivity index (χ1) is 15.3. The van der Waals surface area contributed by atoms with Crippen molar-refractivity contribution in [1.29, 1.82) is 0 Å². The monoisotopic (exact) mass is 427 g/mol. The SMILES string of the molecule is Fc1ccccc1COc1ccc2ccccc2c1C=NNc1nc2ccccc2s1. The van der Waals surface area contributed by atoms with Gasteiger partial charge in [-0.3, -0.25) is 5.43 Å². The van der Waals surface area contributed by atoms with E-state index in [0.29, 0.717) is 16.4 Å². The Morgan fingerprint density at radius 2 is 1.74 bits per heavy atom. The van der Waals surface area contributed by atoms with Crippen LogP contribution in [0.1, 0.15) is 11.1 Å². The van der Waals surface area contributed by atoms with Crippen LogP contribution in [-0.4, -0.2) is 11.2 Å². The minimum absolute atomic E-state index is 0.136. The number of ether oxygens (including phenoxy) is 1. The molecule has 152 valence electrons. The number of hydrogen-bond donors (Lipinski definition) is 1. The first kappa shape index (κ1) is 19.2. The van der Waals surface area contributed by atoms with Crippen molar-refractivity contribution in [3.63, 3.8) is 0 Å². The van der Waals surface area contributed by atoms with Crippen LogP contribution in [0.4, 0.5) is 9.52 Å². The predicted molar refractivity (Wildman–Crippen MR) is 126 cm³/mol. The maximum atomic E-state index is 14.0. The predicted octanol–water partition coefficient (Wildman–Crippen LogP) is 6.61. The number of halogens is 1. The molecular weight excluding hydrogens is 409 g/mol. The van der Waals surface area contributed by atoms with Gasteiger partial charge in [-0.25, -0.2) is 9.37 Å². The summed E-state index contributed by atoms with van der Waals surface area (Å²) in [7, 11) is 0. The van der Waals surface area contributed by atoms with E-state index in [9.17, 15) is 4.39 Å². The molecule has 0 unspecified atom stereocenters. The summed E-state index contributed by atoms with van der Waals surface area (Å²) in [6.45, 7) is 0.136. The molecule has 0 aliphatic rings. The number of rotatable bonds is 6. The Labute approximate surface area is 182 Å². The highest BCUT2D eigenvalue weighted by Gasteiger charge is 2.09. The van der Waals surface area contributed by atoms with E-state index in [1.165, 1.54) is 6.07 Å². The minimum atomic E-state index is -0.281. The van der Waals surface area contributed by atoms with E-state index in [2.05, 4.69) is 15.5 Å². The van der Waals surface area contributed by atoms with Gasteiger partial charge in [0.05, 0.1) is 16.4 Å². The summed E-state index contributed by atoms with van der Waals surface area (Å²) in [4.78, 5) is 4.54. The van der Waals surface area contributed by atoms with Gasteiger partial charge >= 0.3 is 0 Å². The van der Waals surface area contributed by atoms with Gasteiger partial charge in [0.25, 0.3) is 0 Å². The maximum absolute atomic E-state index is 14.0. The third-order valence-electron chi connectivity index (χ3n) is 4.92. The molecule has 0 radical (unpaired) electrons. The van der Waals surface area contributed by atoms with E-state index in [0.717, 1.165) is 26.6 Å². The van der Waals surface area contributed by atoms with Gasteiger partial charge in [-0.15, -0.1) is 0 Å². The normalized spacial score (nSPS) is 11.4. The van der Waals surface area contributed by atoms with Crippen LogP contribution in [0, 0.1) is 5.82 Å². The van der Waals surface area contributed by atoms with Crippen LogP contribution in [-0.2, 0) is 6.61 Å². The third-order valence-corrected chi connectivity index (χ3v) is 5.86. The molecule has 0 atom stereocenters. The summed E-state index contributed by atoms with van der Waals surface area (Å²) in [6.07, 6.45) is 1.73. The van der Waals surface area contributed by atoms with Gasteiger partial charge in [-0.2, -0.15) is 5.10 Å². The van der Waals surface area contributed by atoms with E-state index >= 15 is 0 Å². The van der Waals surface area contributed by atoms with Gasteiger partial charge in [-0.1, -0.05) is 72.0 Å². The van der Waals surface area contributed by atoms with Crippen LogP contribution in [0.3, 0.4) is 0 Å². The second-order valence-corrected chi connectivity index (χ2v) is 7.97. The third kappa shape index (κ3) is 4.11. The number of hydrazone groups is 1. The Hall–Kier alpha value is -3.77. The number of aromatic nitrogens is 1. The summed E-state index contributed by atoms with van der Waals surface area (Å²) in [5.41, 5.74) is 5.28. The van der Waals surface area contributed by atoms with Crippen molar-refractivity contribution in [3.05, 3.63) is 102 Å². The van der Waals surface area contributed by atoms with Crippen LogP contribution in [0.15, 0.2) is 90.0 Å². The molecule has 4 aromatic carbocycles. The maximum Gasteiger partial charge on any atom is 0.204 e. The molecule has 5 rings (SSSR count). The Bertz CT molecular complexity index is 1360. The summed E-state index contributed by atoms with van der Waals surface area (Å²) >= 11 is 1.54. The van der Waals surface area contributed by atoms with Gasteiger partial charge in [0, 0.05) is 11.1 Å². The minimum Gasteiger partial charge on any atom is -0.488 e. The van der Waals surface area contributed by atoms with Crippen molar-refractivity contribution in [2.45, 2.75) is 6.61 Å². The molecular formula is C25H18FN3OS. The van der Waals surface area contributed by atoms with Crippen LogP contribution in [0.5, 0.6) is 5.75 Å². The Morgan fingerprint density at radius 3 is 2.65 bits per heavy atom. The molecule has 31 heavy (non-hydrogen) atoms. The first-order valence-corrected chi connectivity index (χ1v) is 10.6. The molecule has 0 saturated heterocycles. The fraction of sp³-hybridized carbons (Fsp3) is 0.0400. The molecule has 1 heterocycles. The summed E-state index contributed by atoms with van der Waals surface area (Å²) in [5, 5.41) is 7.20. The average Bonchev–Trinajstić information content (AvgIpc) is 3.22. The first-order valence-electron chi connectivity index (χ1n) is 9.80. The Balaban J connectivity index is 1.44. The number of nitrogens with zero attached hydrogens (tertiary/aromatic N) is 2. The van der Waals surface area contributed by atoms with Gasteiger partial charge < -0.3 is 4.74 Å². The standard InChI is InChI=1S/C25H18FN3OS/c26-21-10-4-2-8-18(21)16-30-23-14-13-17-7-1-3-9-19(17)20(23)15-27-29-25-28-22-11-5-6-12-24(22)31-25/h1-15H,16H2,(H,28,29). The molecule has 0 fully saturated rings.